The molecule has 2 N–H and O–H groups in total. The highest BCUT2D eigenvalue weighted by Gasteiger charge is 2.33. The Morgan fingerprint density at radius 2 is 2.24 bits per heavy atom. The van der Waals surface area contributed by atoms with Gasteiger partial charge in [0.25, 0.3) is 5.56 Å². The average Bonchev–Trinajstić information content (AvgIpc) is 2.78. The molecule has 0 aliphatic carbocycles. The van der Waals surface area contributed by atoms with Gasteiger partial charge in [-0.1, -0.05) is 12.1 Å². The Bertz CT molecular complexity index is 616. The highest BCUT2D eigenvalue weighted by Crippen LogP contribution is 2.34. The summed E-state index contributed by atoms with van der Waals surface area (Å²) < 4.78 is 0. The summed E-state index contributed by atoms with van der Waals surface area (Å²) in [4.78, 5) is 19.1. The molecule has 2 heterocycles. The molecule has 1 atom stereocenters. The number of hydrogen-bond donors (Lipinski definition) is 2. The molecule has 0 amide bonds. The van der Waals surface area contributed by atoms with Gasteiger partial charge in [0.15, 0.2) is 0 Å². The van der Waals surface area contributed by atoms with E-state index in [-0.39, 0.29) is 10.4 Å². The number of aromatic amines is 1. The van der Waals surface area contributed by atoms with Gasteiger partial charge in [0.1, 0.15) is 10.7 Å². The minimum Gasteiger partial charge on any atom is -0.308 e. The minimum atomic E-state index is -0.275. The molecule has 1 aliphatic rings. The average molecular weight is 247 g/mol. The Balaban J connectivity index is 2.22. The zero-order chi connectivity index (χ0) is 11.9. The van der Waals surface area contributed by atoms with Crippen LogP contribution in [0, 0.1) is 0 Å². The van der Waals surface area contributed by atoms with Crippen LogP contribution in [0.3, 0.4) is 0 Å². The molecule has 1 aromatic heterocycles. The zero-order valence-electron chi connectivity index (χ0n) is 9.49. The molecule has 1 unspecified atom stereocenters. The van der Waals surface area contributed by atoms with Crippen molar-refractivity contribution in [1.82, 2.24) is 15.3 Å². The number of para-hydroxylation sites is 1. The van der Waals surface area contributed by atoms with Crippen molar-refractivity contribution >= 4 is 22.7 Å². The van der Waals surface area contributed by atoms with Gasteiger partial charge in [-0.3, -0.25) is 10.1 Å². The lowest BCUT2D eigenvalue weighted by Gasteiger charge is -2.22. The van der Waals surface area contributed by atoms with Gasteiger partial charge in [0.2, 0.25) is 0 Å². The Labute approximate surface area is 103 Å². The fraction of sp³-hybridized carbons (Fsp3) is 0.333. The molecular weight excluding hydrogens is 234 g/mol. The number of benzene rings is 1. The number of aromatic nitrogens is 2. The van der Waals surface area contributed by atoms with Crippen LogP contribution in [0.15, 0.2) is 29.1 Å². The monoisotopic (exact) mass is 247 g/mol. The number of thioether (sulfide) groups is 1. The van der Waals surface area contributed by atoms with E-state index in [1.807, 2.05) is 18.2 Å². The van der Waals surface area contributed by atoms with Crippen molar-refractivity contribution in [2.24, 2.45) is 0 Å². The molecule has 3 rings (SSSR count). The molecule has 0 spiro atoms. The molecule has 1 aromatic carbocycles. The van der Waals surface area contributed by atoms with Crippen LogP contribution >= 0.6 is 11.8 Å². The molecule has 88 valence electrons. The zero-order valence-corrected chi connectivity index (χ0v) is 10.3. The lowest BCUT2D eigenvalue weighted by atomic mass is 10.2. The van der Waals surface area contributed by atoms with E-state index in [0.717, 1.165) is 17.8 Å². The van der Waals surface area contributed by atoms with E-state index in [9.17, 15) is 4.79 Å². The first-order valence-corrected chi connectivity index (χ1v) is 6.56. The van der Waals surface area contributed by atoms with Crippen LogP contribution < -0.4 is 10.9 Å². The topological polar surface area (TPSA) is 57.8 Å². The van der Waals surface area contributed by atoms with Gasteiger partial charge in [-0.25, -0.2) is 4.98 Å². The molecule has 1 aliphatic heterocycles. The van der Waals surface area contributed by atoms with Gasteiger partial charge >= 0.3 is 0 Å². The van der Waals surface area contributed by atoms with Crippen LogP contribution in [0.2, 0.25) is 0 Å². The van der Waals surface area contributed by atoms with Crippen molar-refractivity contribution in [3.8, 4) is 0 Å². The van der Waals surface area contributed by atoms with E-state index in [1.54, 1.807) is 17.8 Å². The third kappa shape index (κ3) is 1.75. The molecule has 17 heavy (non-hydrogen) atoms. The molecule has 0 saturated carbocycles. The molecule has 1 saturated heterocycles. The second kappa shape index (κ2) is 3.85. The molecule has 1 fully saturated rings. The highest BCUT2D eigenvalue weighted by atomic mass is 32.2. The summed E-state index contributed by atoms with van der Waals surface area (Å²) in [6, 6.07) is 7.42. The Kier molecular flexibility index (Phi) is 2.45. The predicted molar refractivity (Wildman–Crippen MR) is 70.2 cm³/mol. The summed E-state index contributed by atoms with van der Waals surface area (Å²) in [6.45, 7) is 3.00. The second-order valence-electron chi connectivity index (χ2n) is 4.24. The summed E-state index contributed by atoms with van der Waals surface area (Å²) in [6.07, 6.45) is 0. The predicted octanol–water partition coefficient (Wildman–Crippen LogP) is 1.43. The first-order valence-electron chi connectivity index (χ1n) is 5.58. The molecule has 5 heteroatoms. The summed E-state index contributed by atoms with van der Waals surface area (Å²) in [5.74, 6) is 1.75. The van der Waals surface area contributed by atoms with Gasteiger partial charge in [0.05, 0.1) is 10.9 Å². The lowest BCUT2D eigenvalue weighted by Crippen LogP contribution is -2.34. The van der Waals surface area contributed by atoms with Crippen molar-refractivity contribution in [1.29, 1.82) is 0 Å². The fourth-order valence-electron chi connectivity index (χ4n) is 2.06. The Morgan fingerprint density at radius 3 is 3.00 bits per heavy atom. The number of hydrogen-bond acceptors (Lipinski definition) is 4. The molecule has 2 aromatic rings. The number of fused-ring (bicyclic) bond motifs is 1. The smallest absolute Gasteiger partial charge is 0.258 e. The maximum absolute atomic E-state index is 12.0. The van der Waals surface area contributed by atoms with Crippen LogP contribution in [0.4, 0.5) is 0 Å². The van der Waals surface area contributed by atoms with Crippen LogP contribution in [0.5, 0.6) is 0 Å². The Morgan fingerprint density at radius 1 is 1.41 bits per heavy atom. The van der Waals surface area contributed by atoms with Crippen LogP contribution in [-0.4, -0.2) is 22.3 Å². The maximum atomic E-state index is 12.0. The first-order chi connectivity index (χ1) is 8.19. The number of H-pyrrole nitrogens is 1. The fourth-order valence-corrected chi connectivity index (χ4v) is 3.11. The number of nitrogens with zero attached hydrogens (tertiary/aromatic N) is 1. The van der Waals surface area contributed by atoms with Crippen LogP contribution in [0.1, 0.15) is 12.7 Å². The van der Waals surface area contributed by atoms with Gasteiger partial charge in [-0.2, -0.15) is 0 Å². The van der Waals surface area contributed by atoms with E-state index < -0.39 is 0 Å². The normalized spacial score (nSPS) is 24.3. The second-order valence-corrected chi connectivity index (χ2v) is 5.75. The van der Waals surface area contributed by atoms with Crippen molar-refractivity contribution in [2.75, 3.05) is 12.3 Å². The lowest BCUT2D eigenvalue weighted by molar-refractivity contribution is 0.541. The van der Waals surface area contributed by atoms with Crippen molar-refractivity contribution in [2.45, 2.75) is 11.8 Å². The molecular formula is C12H13N3OS. The molecule has 4 nitrogen and oxygen atoms in total. The van der Waals surface area contributed by atoms with Gasteiger partial charge < -0.3 is 4.98 Å². The Hall–Kier alpha value is -1.33. The largest absolute Gasteiger partial charge is 0.308 e. The minimum absolute atomic E-state index is 0.0684. The summed E-state index contributed by atoms with van der Waals surface area (Å²) >= 11 is 1.77. The summed E-state index contributed by atoms with van der Waals surface area (Å²) in [7, 11) is 0. The van der Waals surface area contributed by atoms with E-state index in [2.05, 4.69) is 22.2 Å². The van der Waals surface area contributed by atoms with Crippen LogP contribution in [0.25, 0.3) is 10.9 Å². The van der Waals surface area contributed by atoms with Crippen LogP contribution in [-0.2, 0) is 4.87 Å². The molecule has 0 radical (unpaired) electrons. The third-order valence-corrected chi connectivity index (χ3v) is 4.34. The first kappa shape index (κ1) is 10.8. The third-order valence-electron chi connectivity index (χ3n) is 3.02. The quantitative estimate of drug-likeness (QED) is 0.800. The number of rotatable bonds is 1. The van der Waals surface area contributed by atoms with Crippen molar-refractivity contribution in [3.63, 3.8) is 0 Å². The van der Waals surface area contributed by atoms with E-state index >= 15 is 0 Å². The summed E-state index contributed by atoms with van der Waals surface area (Å²) in [5, 5.41) is 4.01. The van der Waals surface area contributed by atoms with Crippen molar-refractivity contribution in [3.05, 3.63) is 40.4 Å². The van der Waals surface area contributed by atoms with E-state index in [1.165, 1.54) is 0 Å². The molecule has 0 bridgehead atoms. The SMILES string of the molecule is CC1(c2nc3ccccc3c(=O)[nH]2)NCCS1. The summed E-state index contributed by atoms with van der Waals surface area (Å²) in [5.41, 5.74) is 0.683. The van der Waals surface area contributed by atoms with Crippen molar-refractivity contribution < 1.29 is 0 Å². The number of nitrogens with one attached hydrogen (secondary N) is 2. The van der Waals surface area contributed by atoms with Gasteiger partial charge in [0, 0.05) is 12.3 Å². The maximum Gasteiger partial charge on any atom is 0.258 e. The van der Waals surface area contributed by atoms with E-state index in [0.29, 0.717) is 11.2 Å². The van der Waals surface area contributed by atoms with Gasteiger partial charge in [-0.05, 0) is 19.1 Å². The standard InChI is InChI=1S/C12H13N3OS/c1-12(13-6-7-17-12)11-14-9-5-3-2-4-8(9)10(16)15-11/h2-5,13H,6-7H2,1H3,(H,14,15,16). The van der Waals surface area contributed by atoms with Gasteiger partial charge in [-0.15, -0.1) is 11.8 Å². The van der Waals surface area contributed by atoms with E-state index in [4.69, 9.17) is 0 Å². The highest BCUT2D eigenvalue weighted by molar-refractivity contribution is 8.00.